The summed E-state index contributed by atoms with van der Waals surface area (Å²) in [6, 6.07) is 13.8. The molecule has 2 aromatic heterocycles. The summed E-state index contributed by atoms with van der Waals surface area (Å²) in [4.78, 5) is 14.6. The molecule has 10 heteroatoms. The van der Waals surface area contributed by atoms with Crippen LogP contribution in [0.3, 0.4) is 0 Å². The average Bonchev–Trinajstić information content (AvgIpc) is 3.13. The largest absolute Gasteiger partial charge is 0.450 e. The molecule has 0 atom stereocenters. The van der Waals surface area contributed by atoms with E-state index >= 15 is 0 Å². The van der Waals surface area contributed by atoms with Crippen molar-refractivity contribution in [3.05, 3.63) is 83.3 Å². The van der Waals surface area contributed by atoms with Gasteiger partial charge in [-0.05, 0) is 30.3 Å². The van der Waals surface area contributed by atoms with Gasteiger partial charge >= 0.3 is 5.69 Å². The molecule has 0 radical (unpaired) electrons. The summed E-state index contributed by atoms with van der Waals surface area (Å²) >= 11 is 0. The first-order chi connectivity index (χ1) is 14.4. The normalized spacial score (nSPS) is 11.4. The van der Waals surface area contributed by atoms with E-state index in [9.17, 15) is 18.5 Å². The zero-order valence-electron chi connectivity index (χ0n) is 15.7. The van der Waals surface area contributed by atoms with Crippen LogP contribution in [0.4, 0.5) is 11.4 Å². The lowest BCUT2D eigenvalue weighted by Gasteiger charge is -2.09. The number of para-hydroxylation sites is 2. The van der Waals surface area contributed by atoms with Crippen LogP contribution >= 0.6 is 0 Å². The third-order valence-corrected chi connectivity index (χ3v) is 6.15. The standard InChI is InChI=1S/C20H16N4O5S/c1-21-17-13-23(30(27,28)15-5-4-10-22-12-15)19-11-14(8-9-16(17)19)29-20-7-3-2-6-18(20)24(25)26/h2-13,21H,1H3. The number of hydrogen-bond donors (Lipinski definition) is 1. The number of pyridine rings is 1. The van der Waals surface area contributed by atoms with Crippen LogP contribution in [0.1, 0.15) is 0 Å². The number of rotatable bonds is 6. The summed E-state index contributed by atoms with van der Waals surface area (Å²) in [5, 5.41) is 14.9. The molecule has 9 nitrogen and oxygen atoms in total. The van der Waals surface area contributed by atoms with Gasteiger partial charge in [0.1, 0.15) is 10.6 Å². The number of anilines is 1. The Hall–Kier alpha value is -3.92. The van der Waals surface area contributed by atoms with E-state index in [1.807, 2.05) is 0 Å². The summed E-state index contributed by atoms with van der Waals surface area (Å²) in [6.07, 6.45) is 4.24. The summed E-state index contributed by atoms with van der Waals surface area (Å²) in [7, 11) is -2.23. The summed E-state index contributed by atoms with van der Waals surface area (Å²) in [5.41, 5.74) is 0.779. The van der Waals surface area contributed by atoms with Crippen LogP contribution in [-0.2, 0) is 10.0 Å². The van der Waals surface area contributed by atoms with Gasteiger partial charge in [-0.25, -0.2) is 12.4 Å². The quantitative estimate of drug-likeness (QED) is 0.367. The van der Waals surface area contributed by atoms with E-state index in [0.717, 1.165) is 3.97 Å². The Balaban J connectivity index is 1.85. The molecule has 2 aromatic carbocycles. The van der Waals surface area contributed by atoms with E-state index in [0.29, 0.717) is 16.6 Å². The molecule has 4 aromatic rings. The summed E-state index contributed by atoms with van der Waals surface area (Å²) < 4.78 is 33.2. The third-order valence-electron chi connectivity index (χ3n) is 4.49. The van der Waals surface area contributed by atoms with Gasteiger partial charge in [-0.1, -0.05) is 12.1 Å². The molecule has 0 spiro atoms. The lowest BCUT2D eigenvalue weighted by atomic mass is 10.2. The minimum atomic E-state index is -3.92. The summed E-state index contributed by atoms with van der Waals surface area (Å²) in [6.45, 7) is 0. The Bertz CT molecular complexity index is 1350. The maximum atomic E-state index is 13.2. The zero-order valence-corrected chi connectivity index (χ0v) is 16.5. The van der Waals surface area contributed by atoms with Gasteiger partial charge in [0, 0.05) is 43.2 Å². The smallest absolute Gasteiger partial charge is 0.311 e. The highest BCUT2D eigenvalue weighted by atomic mass is 32.2. The number of hydrogen-bond acceptors (Lipinski definition) is 7. The van der Waals surface area contributed by atoms with E-state index in [4.69, 9.17) is 4.74 Å². The molecule has 0 saturated heterocycles. The van der Waals surface area contributed by atoms with Crippen LogP contribution in [0.15, 0.2) is 78.1 Å². The fraction of sp³-hybridized carbons (Fsp3) is 0.0500. The molecule has 0 unspecified atom stereocenters. The third kappa shape index (κ3) is 3.33. The van der Waals surface area contributed by atoms with Crippen LogP contribution in [0.2, 0.25) is 0 Å². The van der Waals surface area contributed by atoms with Crippen molar-refractivity contribution in [2.24, 2.45) is 0 Å². The molecule has 0 bridgehead atoms. The predicted molar refractivity (Wildman–Crippen MR) is 111 cm³/mol. The van der Waals surface area contributed by atoms with Crippen molar-refractivity contribution in [2.45, 2.75) is 4.90 Å². The maximum Gasteiger partial charge on any atom is 0.311 e. The number of benzene rings is 2. The number of ether oxygens (including phenoxy) is 1. The minimum absolute atomic E-state index is 0.0366. The van der Waals surface area contributed by atoms with E-state index in [2.05, 4.69) is 10.3 Å². The van der Waals surface area contributed by atoms with E-state index in [1.165, 1.54) is 42.9 Å². The van der Waals surface area contributed by atoms with Crippen molar-refractivity contribution in [3.8, 4) is 11.5 Å². The average molecular weight is 424 g/mol. The van der Waals surface area contributed by atoms with E-state index < -0.39 is 14.9 Å². The van der Waals surface area contributed by atoms with Gasteiger partial charge < -0.3 is 10.1 Å². The van der Waals surface area contributed by atoms with E-state index in [1.54, 1.807) is 37.4 Å². The Labute approximate surface area is 171 Å². The van der Waals surface area contributed by atoms with Gasteiger partial charge in [-0.15, -0.1) is 0 Å². The predicted octanol–water partition coefficient (Wildman–Crippen LogP) is 4.02. The maximum absolute atomic E-state index is 13.2. The van der Waals surface area contributed by atoms with Gasteiger partial charge in [-0.2, -0.15) is 0 Å². The lowest BCUT2D eigenvalue weighted by Crippen LogP contribution is -2.12. The topological polar surface area (TPSA) is 116 Å². The Kier molecular flexibility index (Phi) is 4.84. The molecule has 0 saturated carbocycles. The van der Waals surface area contributed by atoms with Crippen LogP contribution in [0.5, 0.6) is 11.5 Å². The monoisotopic (exact) mass is 424 g/mol. The second-order valence-corrected chi connectivity index (χ2v) is 8.10. The zero-order chi connectivity index (χ0) is 21.3. The van der Waals surface area contributed by atoms with Crippen LogP contribution < -0.4 is 10.1 Å². The molecule has 0 fully saturated rings. The number of aromatic nitrogens is 2. The summed E-state index contributed by atoms with van der Waals surface area (Å²) in [5.74, 6) is 0.323. The molecule has 2 heterocycles. The van der Waals surface area contributed by atoms with Crippen LogP contribution in [0.25, 0.3) is 10.9 Å². The highest BCUT2D eigenvalue weighted by Gasteiger charge is 2.22. The number of fused-ring (bicyclic) bond motifs is 1. The first-order valence-corrected chi connectivity index (χ1v) is 10.3. The van der Waals surface area contributed by atoms with Gasteiger partial charge in [0.2, 0.25) is 5.75 Å². The molecule has 0 aliphatic carbocycles. The van der Waals surface area contributed by atoms with Gasteiger partial charge in [0.15, 0.2) is 0 Å². The molecular formula is C20H16N4O5S. The molecule has 1 N–H and O–H groups in total. The molecule has 0 amide bonds. The highest BCUT2D eigenvalue weighted by Crippen LogP contribution is 2.35. The Morgan fingerprint density at radius 3 is 2.63 bits per heavy atom. The molecule has 4 rings (SSSR count). The van der Waals surface area contributed by atoms with Crippen molar-refractivity contribution in [3.63, 3.8) is 0 Å². The van der Waals surface area contributed by atoms with Gasteiger partial charge in [0.05, 0.1) is 16.1 Å². The molecular weight excluding hydrogens is 408 g/mol. The number of nitro groups is 1. The van der Waals surface area contributed by atoms with Gasteiger partial charge in [0.25, 0.3) is 10.0 Å². The SMILES string of the molecule is CNc1cn(S(=O)(=O)c2cccnc2)c2cc(Oc3ccccc3[N+](=O)[O-])ccc12. The van der Waals surface area contributed by atoms with Crippen LogP contribution in [0, 0.1) is 10.1 Å². The van der Waals surface area contributed by atoms with Gasteiger partial charge in [-0.3, -0.25) is 15.1 Å². The molecule has 0 aliphatic heterocycles. The number of nitrogens with zero attached hydrogens (tertiary/aromatic N) is 3. The van der Waals surface area contributed by atoms with E-state index in [-0.39, 0.29) is 22.1 Å². The fourth-order valence-electron chi connectivity index (χ4n) is 3.07. The Morgan fingerprint density at radius 2 is 1.93 bits per heavy atom. The number of nitro benzene ring substituents is 1. The van der Waals surface area contributed by atoms with Crippen molar-refractivity contribution >= 4 is 32.3 Å². The second-order valence-electron chi connectivity index (χ2n) is 6.29. The number of nitrogens with one attached hydrogen (secondary N) is 1. The first kappa shape index (κ1) is 19.4. The van der Waals surface area contributed by atoms with Crippen LogP contribution in [-0.4, -0.2) is 29.3 Å². The molecule has 0 aliphatic rings. The lowest BCUT2D eigenvalue weighted by molar-refractivity contribution is -0.385. The first-order valence-electron chi connectivity index (χ1n) is 8.81. The van der Waals surface area contributed by atoms with Crippen molar-refractivity contribution in [1.82, 2.24) is 8.96 Å². The molecule has 30 heavy (non-hydrogen) atoms. The van der Waals surface area contributed by atoms with Crippen molar-refractivity contribution in [1.29, 1.82) is 0 Å². The second kappa shape index (κ2) is 7.48. The van der Waals surface area contributed by atoms with Crippen molar-refractivity contribution in [2.75, 3.05) is 12.4 Å². The minimum Gasteiger partial charge on any atom is -0.450 e. The highest BCUT2D eigenvalue weighted by molar-refractivity contribution is 7.90. The molecule has 152 valence electrons. The van der Waals surface area contributed by atoms with Crippen molar-refractivity contribution < 1.29 is 18.1 Å². The fourth-order valence-corrected chi connectivity index (χ4v) is 4.40. The Morgan fingerprint density at radius 1 is 1.13 bits per heavy atom.